The number of rotatable bonds is 6. The lowest BCUT2D eigenvalue weighted by Crippen LogP contribution is -2.42. The molecule has 130 valence electrons. The predicted octanol–water partition coefficient (Wildman–Crippen LogP) is 1.35. The smallest absolute Gasteiger partial charge is 0.288 e. The first-order chi connectivity index (χ1) is 12.0. The number of nitrogens with zero attached hydrogens (tertiary/aromatic N) is 1. The van der Waals surface area contributed by atoms with Gasteiger partial charge in [0.25, 0.3) is 5.91 Å². The van der Waals surface area contributed by atoms with Crippen molar-refractivity contribution in [3.63, 3.8) is 0 Å². The number of anilines is 1. The van der Waals surface area contributed by atoms with Crippen LogP contribution in [0.25, 0.3) is 0 Å². The van der Waals surface area contributed by atoms with Gasteiger partial charge in [-0.15, -0.1) is 11.8 Å². The number of halogens is 1. The van der Waals surface area contributed by atoms with Gasteiger partial charge < -0.3 is 5.32 Å². The van der Waals surface area contributed by atoms with Crippen molar-refractivity contribution >= 4 is 35.2 Å². The Morgan fingerprint density at radius 1 is 0.960 bits per heavy atom. The molecule has 3 amide bonds. The van der Waals surface area contributed by atoms with Crippen LogP contribution in [0.2, 0.25) is 0 Å². The van der Waals surface area contributed by atoms with Gasteiger partial charge in [0.15, 0.2) is 0 Å². The van der Waals surface area contributed by atoms with Gasteiger partial charge in [0.05, 0.1) is 11.5 Å². The monoisotopic (exact) mass is 362 g/mol. The maximum atomic E-state index is 12.8. The van der Waals surface area contributed by atoms with Crippen molar-refractivity contribution in [3.8, 4) is 0 Å². The third kappa shape index (κ3) is 6.60. The SMILES string of the molecule is O=C(CSCC(=O)Nc1ccc(F)cc1)NNC(=O)c1ccccn1. The van der Waals surface area contributed by atoms with E-state index in [4.69, 9.17) is 0 Å². The number of carbonyl (C=O) groups excluding carboxylic acids is 3. The van der Waals surface area contributed by atoms with Gasteiger partial charge in [-0.3, -0.25) is 30.2 Å². The van der Waals surface area contributed by atoms with Crippen molar-refractivity contribution in [2.24, 2.45) is 0 Å². The number of hydrazine groups is 1. The minimum absolute atomic E-state index is 0.0145. The number of aromatic nitrogens is 1. The van der Waals surface area contributed by atoms with Crippen LogP contribution in [0.15, 0.2) is 48.7 Å². The van der Waals surface area contributed by atoms with E-state index in [-0.39, 0.29) is 23.1 Å². The highest BCUT2D eigenvalue weighted by atomic mass is 32.2. The van der Waals surface area contributed by atoms with E-state index in [2.05, 4.69) is 21.2 Å². The topological polar surface area (TPSA) is 100 Å². The molecule has 0 fully saturated rings. The molecule has 0 aliphatic heterocycles. The molecule has 0 spiro atoms. The van der Waals surface area contributed by atoms with E-state index >= 15 is 0 Å². The maximum Gasteiger partial charge on any atom is 0.288 e. The molecule has 0 saturated carbocycles. The minimum Gasteiger partial charge on any atom is -0.325 e. The largest absolute Gasteiger partial charge is 0.325 e. The molecule has 0 saturated heterocycles. The average molecular weight is 362 g/mol. The van der Waals surface area contributed by atoms with Gasteiger partial charge in [0.2, 0.25) is 11.8 Å². The summed E-state index contributed by atoms with van der Waals surface area (Å²) in [6.45, 7) is 0. The van der Waals surface area contributed by atoms with Gasteiger partial charge in [-0.1, -0.05) is 6.07 Å². The Morgan fingerprint density at radius 3 is 2.36 bits per heavy atom. The van der Waals surface area contributed by atoms with Gasteiger partial charge in [-0.2, -0.15) is 0 Å². The summed E-state index contributed by atoms with van der Waals surface area (Å²) in [6, 6.07) is 10.2. The van der Waals surface area contributed by atoms with Crippen LogP contribution in [0.3, 0.4) is 0 Å². The molecule has 0 unspecified atom stereocenters. The Kier molecular flexibility index (Phi) is 6.90. The van der Waals surface area contributed by atoms with Crippen LogP contribution in [0.1, 0.15) is 10.5 Å². The number of nitrogens with one attached hydrogen (secondary N) is 3. The molecule has 1 heterocycles. The lowest BCUT2D eigenvalue weighted by molar-refractivity contribution is -0.119. The second-order valence-electron chi connectivity index (χ2n) is 4.77. The van der Waals surface area contributed by atoms with Crippen LogP contribution >= 0.6 is 11.8 Å². The molecule has 1 aromatic heterocycles. The Balaban J connectivity index is 1.64. The molecule has 0 radical (unpaired) electrons. The van der Waals surface area contributed by atoms with Gasteiger partial charge >= 0.3 is 0 Å². The normalized spacial score (nSPS) is 9.96. The molecule has 25 heavy (non-hydrogen) atoms. The first-order valence-electron chi connectivity index (χ1n) is 7.18. The van der Waals surface area contributed by atoms with Crippen molar-refractivity contribution in [1.29, 1.82) is 0 Å². The summed E-state index contributed by atoms with van der Waals surface area (Å²) in [5.41, 5.74) is 5.12. The number of amides is 3. The molecule has 7 nitrogen and oxygen atoms in total. The summed E-state index contributed by atoms with van der Waals surface area (Å²) in [4.78, 5) is 38.8. The van der Waals surface area contributed by atoms with Crippen molar-refractivity contribution in [1.82, 2.24) is 15.8 Å². The highest BCUT2D eigenvalue weighted by Gasteiger charge is 2.09. The Labute approximate surface area is 147 Å². The fourth-order valence-corrected chi connectivity index (χ4v) is 2.31. The standard InChI is InChI=1S/C16H15FN4O3S/c17-11-4-6-12(7-5-11)19-14(22)9-25-10-15(23)20-21-16(24)13-3-1-2-8-18-13/h1-8H,9-10H2,(H,19,22)(H,20,23)(H,21,24). The van der Waals surface area contributed by atoms with Crippen LogP contribution in [0.4, 0.5) is 10.1 Å². The van der Waals surface area contributed by atoms with E-state index in [0.717, 1.165) is 11.8 Å². The number of pyridine rings is 1. The number of benzene rings is 1. The molecule has 0 aliphatic rings. The maximum absolute atomic E-state index is 12.8. The third-order valence-corrected chi connectivity index (χ3v) is 3.74. The molecular weight excluding hydrogens is 347 g/mol. The summed E-state index contributed by atoms with van der Waals surface area (Å²) >= 11 is 1.07. The average Bonchev–Trinajstić information content (AvgIpc) is 2.62. The number of hydrogen-bond acceptors (Lipinski definition) is 5. The zero-order valence-corrected chi connectivity index (χ0v) is 13.8. The fraction of sp³-hybridized carbons (Fsp3) is 0.125. The summed E-state index contributed by atoms with van der Waals surface area (Å²) in [7, 11) is 0. The van der Waals surface area contributed by atoms with Gasteiger partial charge in [0, 0.05) is 11.9 Å². The van der Waals surface area contributed by atoms with Gasteiger partial charge in [-0.25, -0.2) is 4.39 Å². The van der Waals surface area contributed by atoms with Crippen LogP contribution in [-0.2, 0) is 9.59 Å². The summed E-state index contributed by atoms with van der Waals surface area (Å²) in [6.07, 6.45) is 1.46. The van der Waals surface area contributed by atoms with E-state index in [1.54, 1.807) is 12.1 Å². The molecule has 9 heteroatoms. The summed E-state index contributed by atoms with van der Waals surface area (Å²) in [5.74, 6) is -1.67. The minimum atomic E-state index is -0.534. The van der Waals surface area contributed by atoms with E-state index in [0.29, 0.717) is 5.69 Å². The number of carbonyl (C=O) groups is 3. The Bertz CT molecular complexity index is 741. The van der Waals surface area contributed by atoms with E-state index in [1.807, 2.05) is 0 Å². The van der Waals surface area contributed by atoms with Gasteiger partial charge in [0.1, 0.15) is 11.5 Å². The second kappa shape index (κ2) is 9.38. The third-order valence-electron chi connectivity index (χ3n) is 2.81. The highest BCUT2D eigenvalue weighted by molar-refractivity contribution is 8.00. The zero-order chi connectivity index (χ0) is 18.1. The molecule has 0 bridgehead atoms. The van der Waals surface area contributed by atoms with Crippen LogP contribution in [-0.4, -0.2) is 34.2 Å². The van der Waals surface area contributed by atoms with E-state index < -0.39 is 17.6 Å². The Hall–Kier alpha value is -2.94. The molecule has 0 aliphatic carbocycles. The van der Waals surface area contributed by atoms with Crippen LogP contribution in [0, 0.1) is 5.82 Å². The molecule has 1 aromatic carbocycles. The zero-order valence-electron chi connectivity index (χ0n) is 13.0. The van der Waals surface area contributed by atoms with Crippen molar-refractivity contribution in [3.05, 3.63) is 60.2 Å². The van der Waals surface area contributed by atoms with Crippen molar-refractivity contribution < 1.29 is 18.8 Å². The predicted molar refractivity (Wildman–Crippen MR) is 92.2 cm³/mol. The first kappa shape index (κ1) is 18.4. The highest BCUT2D eigenvalue weighted by Crippen LogP contribution is 2.09. The molecule has 0 atom stereocenters. The quantitative estimate of drug-likeness (QED) is 0.674. The lowest BCUT2D eigenvalue weighted by Gasteiger charge is -2.07. The molecular formula is C16H15FN4O3S. The van der Waals surface area contributed by atoms with E-state index in [1.165, 1.54) is 36.5 Å². The first-order valence-corrected chi connectivity index (χ1v) is 8.33. The van der Waals surface area contributed by atoms with Crippen LogP contribution < -0.4 is 16.2 Å². The number of thioether (sulfide) groups is 1. The van der Waals surface area contributed by atoms with Crippen LogP contribution in [0.5, 0.6) is 0 Å². The van der Waals surface area contributed by atoms with Gasteiger partial charge in [-0.05, 0) is 36.4 Å². The molecule has 2 aromatic rings. The summed E-state index contributed by atoms with van der Waals surface area (Å²) in [5, 5.41) is 2.58. The lowest BCUT2D eigenvalue weighted by atomic mass is 10.3. The van der Waals surface area contributed by atoms with E-state index in [9.17, 15) is 18.8 Å². The molecule has 2 rings (SSSR count). The fourth-order valence-electron chi connectivity index (χ4n) is 1.69. The summed E-state index contributed by atoms with van der Waals surface area (Å²) < 4.78 is 12.8. The molecule has 3 N–H and O–H groups in total. The second-order valence-corrected chi connectivity index (χ2v) is 5.75. The Morgan fingerprint density at radius 2 is 1.68 bits per heavy atom. The van der Waals surface area contributed by atoms with Crippen molar-refractivity contribution in [2.45, 2.75) is 0 Å². The van der Waals surface area contributed by atoms with Crippen molar-refractivity contribution in [2.75, 3.05) is 16.8 Å². The number of hydrogen-bond donors (Lipinski definition) is 3.